The number of para-hydroxylation sites is 1. The van der Waals surface area contributed by atoms with E-state index < -0.39 is 18.0 Å². The average molecular weight is 419 g/mol. The van der Waals surface area contributed by atoms with Gasteiger partial charge in [0.05, 0.1) is 12.1 Å². The van der Waals surface area contributed by atoms with Crippen LogP contribution in [0.3, 0.4) is 0 Å². The highest BCUT2D eigenvalue weighted by molar-refractivity contribution is 5.89. The van der Waals surface area contributed by atoms with Gasteiger partial charge in [-0.25, -0.2) is 14.8 Å². The van der Waals surface area contributed by atoms with Crippen LogP contribution in [0.1, 0.15) is 17.0 Å². The van der Waals surface area contributed by atoms with Crippen LogP contribution in [0.2, 0.25) is 0 Å². The minimum absolute atomic E-state index is 0.103. The number of hydrogen-bond acceptors (Lipinski definition) is 5. The van der Waals surface area contributed by atoms with Crippen LogP contribution in [0, 0.1) is 13.8 Å². The highest BCUT2D eigenvalue weighted by atomic mass is 19.4. The fourth-order valence-corrected chi connectivity index (χ4v) is 2.75. The van der Waals surface area contributed by atoms with E-state index in [2.05, 4.69) is 26.1 Å². The lowest BCUT2D eigenvalue weighted by atomic mass is 10.1. The molecule has 2 amide bonds. The zero-order chi connectivity index (χ0) is 21.7. The Kier molecular flexibility index (Phi) is 6.24. The lowest BCUT2D eigenvalue weighted by Crippen LogP contribution is -2.41. The first-order valence-corrected chi connectivity index (χ1v) is 9.08. The fraction of sp³-hybridized carbons (Fsp3) is 0.250. The SMILES string of the molecule is Cc1ccc(OCCNC(=O)NNc2nc(C(F)(F)F)nc3ccccc23)c(C)c1. The Bertz CT molecular complexity index is 1060. The van der Waals surface area contributed by atoms with Gasteiger partial charge >= 0.3 is 12.2 Å². The fourth-order valence-electron chi connectivity index (χ4n) is 2.75. The summed E-state index contributed by atoms with van der Waals surface area (Å²) in [5, 5.41) is 2.88. The van der Waals surface area contributed by atoms with E-state index in [-0.39, 0.29) is 24.5 Å². The van der Waals surface area contributed by atoms with Crippen LogP contribution in [0.25, 0.3) is 10.9 Å². The largest absolute Gasteiger partial charge is 0.491 e. The normalized spacial score (nSPS) is 11.2. The minimum Gasteiger partial charge on any atom is -0.491 e. The lowest BCUT2D eigenvalue weighted by molar-refractivity contribution is -0.144. The number of carbonyl (C=O) groups excluding carboxylic acids is 1. The van der Waals surface area contributed by atoms with E-state index in [0.717, 1.165) is 11.1 Å². The Morgan fingerprint density at radius 2 is 1.87 bits per heavy atom. The molecule has 0 aliphatic rings. The molecule has 0 radical (unpaired) electrons. The Morgan fingerprint density at radius 3 is 2.60 bits per heavy atom. The smallest absolute Gasteiger partial charge is 0.451 e. The maximum Gasteiger partial charge on any atom is 0.451 e. The zero-order valence-corrected chi connectivity index (χ0v) is 16.3. The van der Waals surface area contributed by atoms with E-state index in [1.54, 1.807) is 18.2 Å². The molecule has 0 aliphatic carbocycles. The van der Waals surface area contributed by atoms with Crippen LogP contribution in [0.5, 0.6) is 5.75 Å². The maximum absolute atomic E-state index is 13.0. The van der Waals surface area contributed by atoms with Gasteiger partial charge in [0.1, 0.15) is 12.4 Å². The van der Waals surface area contributed by atoms with Crippen molar-refractivity contribution >= 4 is 22.8 Å². The quantitative estimate of drug-likeness (QED) is 0.416. The van der Waals surface area contributed by atoms with Crippen molar-refractivity contribution in [3.63, 3.8) is 0 Å². The Morgan fingerprint density at radius 1 is 1.10 bits per heavy atom. The van der Waals surface area contributed by atoms with Crippen molar-refractivity contribution in [3.05, 3.63) is 59.4 Å². The van der Waals surface area contributed by atoms with Gasteiger partial charge in [-0.2, -0.15) is 13.2 Å². The third-order valence-corrected chi connectivity index (χ3v) is 4.13. The predicted molar refractivity (Wildman–Crippen MR) is 106 cm³/mol. The summed E-state index contributed by atoms with van der Waals surface area (Å²) in [5.74, 6) is -0.740. The summed E-state index contributed by atoms with van der Waals surface area (Å²) in [6, 6.07) is 11.3. The number of anilines is 1. The molecule has 3 N–H and O–H groups in total. The van der Waals surface area contributed by atoms with Crippen LogP contribution in [-0.4, -0.2) is 29.2 Å². The van der Waals surface area contributed by atoms with Gasteiger partial charge in [-0.05, 0) is 37.6 Å². The van der Waals surface area contributed by atoms with Crippen molar-refractivity contribution in [2.45, 2.75) is 20.0 Å². The number of aromatic nitrogens is 2. The number of aryl methyl sites for hydroxylation is 2. The molecule has 2 aromatic carbocycles. The summed E-state index contributed by atoms with van der Waals surface area (Å²) in [6.07, 6.45) is -4.71. The molecule has 0 aliphatic heterocycles. The molecule has 0 fully saturated rings. The number of hydrazine groups is 1. The number of urea groups is 1. The summed E-state index contributed by atoms with van der Waals surface area (Å²) >= 11 is 0. The molecule has 3 aromatic rings. The molecule has 0 spiro atoms. The van der Waals surface area contributed by atoms with E-state index in [4.69, 9.17) is 4.74 Å². The molecule has 7 nitrogen and oxygen atoms in total. The number of halogens is 3. The highest BCUT2D eigenvalue weighted by Gasteiger charge is 2.35. The predicted octanol–water partition coefficient (Wildman–Crippen LogP) is 3.97. The third kappa shape index (κ3) is 5.28. The minimum atomic E-state index is -4.71. The molecule has 158 valence electrons. The van der Waals surface area contributed by atoms with Crippen molar-refractivity contribution < 1.29 is 22.7 Å². The molecule has 1 heterocycles. The van der Waals surface area contributed by atoms with Crippen LogP contribution in [0.4, 0.5) is 23.8 Å². The van der Waals surface area contributed by atoms with Gasteiger partial charge in [0.15, 0.2) is 5.82 Å². The summed E-state index contributed by atoms with van der Waals surface area (Å²) in [4.78, 5) is 18.9. The summed E-state index contributed by atoms with van der Waals surface area (Å²) in [6.45, 7) is 4.33. The Balaban J connectivity index is 1.56. The van der Waals surface area contributed by atoms with Gasteiger partial charge in [-0.15, -0.1) is 0 Å². The maximum atomic E-state index is 13.0. The number of amides is 2. The zero-order valence-electron chi connectivity index (χ0n) is 16.3. The molecule has 0 saturated carbocycles. The van der Waals surface area contributed by atoms with Crippen LogP contribution in [0.15, 0.2) is 42.5 Å². The molecule has 0 unspecified atom stereocenters. The number of hydrogen-bond donors (Lipinski definition) is 3. The standard InChI is InChI=1S/C20H20F3N5O2/c1-12-7-8-16(13(2)11-12)30-10-9-24-19(29)28-27-17-14-5-3-4-6-15(14)25-18(26-17)20(21,22)23/h3-8,11H,9-10H2,1-2H3,(H2,24,28,29)(H,25,26,27). The van der Waals surface area contributed by atoms with Gasteiger partial charge in [-0.3, -0.25) is 10.9 Å². The van der Waals surface area contributed by atoms with Crippen molar-refractivity contribution in [3.8, 4) is 5.75 Å². The number of alkyl halides is 3. The van der Waals surface area contributed by atoms with Crippen molar-refractivity contribution in [1.29, 1.82) is 0 Å². The number of fused-ring (bicyclic) bond motifs is 1. The average Bonchev–Trinajstić information content (AvgIpc) is 2.69. The van der Waals surface area contributed by atoms with E-state index in [1.165, 1.54) is 6.07 Å². The number of rotatable bonds is 6. The second kappa shape index (κ2) is 8.85. The molecule has 0 atom stereocenters. The molecule has 10 heteroatoms. The highest BCUT2D eigenvalue weighted by Crippen LogP contribution is 2.29. The van der Waals surface area contributed by atoms with Gasteiger partial charge in [-0.1, -0.05) is 29.8 Å². The number of nitrogens with one attached hydrogen (secondary N) is 3. The number of benzene rings is 2. The Labute approximate surface area is 170 Å². The van der Waals surface area contributed by atoms with Crippen LogP contribution >= 0.6 is 0 Å². The first kappa shape index (κ1) is 21.2. The first-order valence-electron chi connectivity index (χ1n) is 9.08. The lowest BCUT2D eigenvalue weighted by Gasteiger charge is -2.14. The monoisotopic (exact) mass is 419 g/mol. The van der Waals surface area contributed by atoms with Crippen LogP contribution < -0.4 is 20.9 Å². The van der Waals surface area contributed by atoms with E-state index in [9.17, 15) is 18.0 Å². The van der Waals surface area contributed by atoms with Crippen molar-refractivity contribution in [2.75, 3.05) is 18.6 Å². The third-order valence-electron chi connectivity index (χ3n) is 4.13. The molecular weight excluding hydrogens is 399 g/mol. The summed E-state index contributed by atoms with van der Waals surface area (Å²) in [7, 11) is 0. The molecule has 30 heavy (non-hydrogen) atoms. The molecule has 0 saturated heterocycles. The van der Waals surface area contributed by atoms with Gasteiger partial charge < -0.3 is 10.1 Å². The summed E-state index contributed by atoms with van der Waals surface area (Å²) < 4.78 is 44.7. The first-order chi connectivity index (χ1) is 14.2. The number of ether oxygens (including phenoxy) is 1. The molecule has 1 aromatic heterocycles. The molecule has 3 rings (SSSR count). The van der Waals surface area contributed by atoms with E-state index in [0.29, 0.717) is 11.1 Å². The summed E-state index contributed by atoms with van der Waals surface area (Å²) in [5.41, 5.74) is 6.90. The number of nitrogens with zero attached hydrogens (tertiary/aromatic N) is 2. The van der Waals surface area contributed by atoms with E-state index >= 15 is 0 Å². The van der Waals surface area contributed by atoms with Gasteiger partial charge in [0, 0.05) is 5.39 Å². The molecular formula is C20H20F3N5O2. The topological polar surface area (TPSA) is 88.2 Å². The Hall–Kier alpha value is -3.56. The van der Waals surface area contributed by atoms with E-state index in [1.807, 2.05) is 32.0 Å². The van der Waals surface area contributed by atoms with Gasteiger partial charge in [0.2, 0.25) is 5.82 Å². The second-order valence-corrected chi connectivity index (χ2v) is 6.53. The van der Waals surface area contributed by atoms with Crippen molar-refractivity contribution in [2.24, 2.45) is 0 Å². The number of carbonyl (C=O) groups is 1. The van der Waals surface area contributed by atoms with Gasteiger partial charge in [0.25, 0.3) is 0 Å². The molecule has 0 bridgehead atoms. The second-order valence-electron chi connectivity index (χ2n) is 6.53. The van der Waals surface area contributed by atoms with Crippen LogP contribution in [-0.2, 0) is 6.18 Å². The van der Waals surface area contributed by atoms with Crippen molar-refractivity contribution in [1.82, 2.24) is 20.7 Å².